The maximum Gasteiger partial charge on any atom is 0.355 e. The van der Waals surface area contributed by atoms with Crippen LogP contribution in [0.1, 0.15) is 31.3 Å². The van der Waals surface area contributed by atoms with E-state index in [0.29, 0.717) is 16.4 Å². The first-order chi connectivity index (χ1) is 7.87. The van der Waals surface area contributed by atoms with Crippen molar-refractivity contribution in [1.29, 1.82) is 0 Å². The average molecular weight is 253 g/mol. The largest absolute Gasteiger partial charge is 0.455 e. The molecule has 0 radical (unpaired) electrons. The molecule has 0 fully saturated rings. The van der Waals surface area contributed by atoms with E-state index < -0.39 is 11.6 Å². The molecule has 17 heavy (non-hydrogen) atoms. The van der Waals surface area contributed by atoms with Crippen LogP contribution in [0.4, 0.5) is 0 Å². The zero-order valence-corrected chi connectivity index (χ0v) is 10.6. The molecule has 2 rings (SSSR count). The molecule has 0 aromatic carbocycles. The SMILES string of the molecule is CC(C)(C)OC(=O)c1cc2c(Cl)ccnc2[nH]1. The van der Waals surface area contributed by atoms with Gasteiger partial charge in [0.2, 0.25) is 0 Å². The van der Waals surface area contributed by atoms with Gasteiger partial charge in [-0.25, -0.2) is 9.78 Å². The quantitative estimate of drug-likeness (QED) is 0.793. The fourth-order valence-corrected chi connectivity index (χ4v) is 1.64. The summed E-state index contributed by atoms with van der Waals surface area (Å²) in [5, 5.41) is 1.27. The van der Waals surface area contributed by atoms with Gasteiger partial charge in [-0.2, -0.15) is 0 Å². The van der Waals surface area contributed by atoms with E-state index in [9.17, 15) is 4.79 Å². The molecule has 0 aliphatic carbocycles. The first kappa shape index (κ1) is 11.9. The minimum Gasteiger partial charge on any atom is -0.455 e. The molecule has 2 heterocycles. The van der Waals surface area contributed by atoms with Crippen molar-refractivity contribution in [2.24, 2.45) is 0 Å². The van der Waals surface area contributed by atoms with Gasteiger partial charge < -0.3 is 9.72 Å². The molecule has 5 heteroatoms. The van der Waals surface area contributed by atoms with Gasteiger partial charge in [0.05, 0.1) is 5.02 Å². The van der Waals surface area contributed by atoms with E-state index in [2.05, 4.69) is 9.97 Å². The maximum atomic E-state index is 11.8. The number of H-pyrrole nitrogens is 1. The third-order valence-electron chi connectivity index (χ3n) is 2.10. The number of nitrogens with one attached hydrogen (secondary N) is 1. The van der Waals surface area contributed by atoms with Gasteiger partial charge in [-0.3, -0.25) is 0 Å². The van der Waals surface area contributed by atoms with Crippen molar-refractivity contribution in [1.82, 2.24) is 9.97 Å². The highest BCUT2D eigenvalue weighted by Crippen LogP contribution is 2.23. The van der Waals surface area contributed by atoms with Crippen LogP contribution >= 0.6 is 11.6 Å². The van der Waals surface area contributed by atoms with Crippen LogP contribution in [-0.4, -0.2) is 21.5 Å². The van der Waals surface area contributed by atoms with Crippen LogP contribution in [0.5, 0.6) is 0 Å². The summed E-state index contributed by atoms with van der Waals surface area (Å²) in [6, 6.07) is 3.33. The standard InChI is InChI=1S/C12H13ClN2O2/c1-12(2,3)17-11(16)9-6-7-8(13)4-5-14-10(7)15-9/h4-6H,1-3H3,(H,14,15). The second kappa shape index (κ2) is 4.04. The Balaban J connectivity index is 2.37. The van der Waals surface area contributed by atoms with Crippen LogP contribution in [0.25, 0.3) is 11.0 Å². The third-order valence-corrected chi connectivity index (χ3v) is 2.43. The molecule has 1 N–H and O–H groups in total. The molecule has 4 nitrogen and oxygen atoms in total. The third kappa shape index (κ3) is 2.58. The van der Waals surface area contributed by atoms with E-state index in [0.717, 1.165) is 5.39 Å². The van der Waals surface area contributed by atoms with Crippen molar-refractivity contribution in [3.05, 3.63) is 29.0 Å². The average Bonchev–Trinajstić information content (AvgIpc) is 2.60. The maximum absolute atomic E-state index is 11.8. The van der Waals surface area contributed by atoms with E-state index >= 15 is 0 Å². The molecule has 90 valence electrons. The smallest absolute Gasteiger partial charge is 0.355 e. The highest BCUT2D eigenvalue weighted by molar-refractivity contribution is 6.35. The molecule has 2 aromatic heterocycles. The summed E-state index contributed by atoms with van der Waals surface area (Å²) in [5.74, 6) is -0.411. The summed E-state index contributed by atoms with van der Waals surface area (Å²) in [5.41, 5.74) is 0.417. The van der Waals surface area contributed by atoms with Gasteiger partial charge in [0.25, 0.3) is 0 Å². The van der Waals surface area contributed by atoms with E-state index in [1.807, 2.05) is 20.8 Å². The van der Waals surface area contributed by atoms with Gasteiger partial charge in [-0.15, -0.1) is 0 Å². The molecule has 0 saturated heterocycles. The lowest BCUT2D eigenvalue weighted by Crippen LogP contribution is -2.24. The second-order valence-electron chi connectivity index (χ2n) is 4.74. The Labute approximate surface area is 104 Å². The lowest BCUT2D eigenvalue weighted by atomic mass is 10.2. The number of nitrogens with zero attached hydrogens (tertiary/aromatic N) is 1. The molecular weight excluding hydrogens is 240 g/mol. The number of carbonyl (C=O) groups is 1. The Bertz CT molecular complexity index is 569. The van der Waals surface area contributed by atoms with Crippen molar-refractivity contribution in [3.63, 3.8) is 0 Å². The first-order valence-corrected chi connectivity index (χ1v) is 5.61. The highest BCUT2D eigenvalue weighted by Gasteiger charge is 2.20. The van der Waals surface area contributed by atoms with E-state index in [1.165, 1.54) is 0 Å². The number of rotatable bonds is 1. The Morgan fingerprint density at radius 3 is 2.76 bits per heavy atom. The number of aromatic nitrogens is 2. The fourth-order valence-electron chi connectivity index (χ4n) is 1.44. The van der Waals surface area contributed by atoms with Gasteiger partial charge in [0.1, 0.15) is 16.9 Å². The highest BCUT2D eigenvalue weighted by atomic mass is 35.5. The van der Waals surface area contributed by atoms with Crippen molar-refractivity contribution in [2.45, 2.75) is 26.4 Å². The van der Waals surface area contributed by atoms with Crippen molar-refractivity contribution in [2.75, 3.05) is 0 Å². The van der Waals surface area contributed by atoms with Crippen LogP contribution < -0.4 is 0 Å². The van der Waals surface area contributed by atoms with Crippen molar-refractivity contribution >= 4 is 28.6 Å². The Morgan fingerprint density at radius 2 is 2.18 bits per heavy atom. The topological polar surface area (TPSA) is 55.0 Å². The van der Waals surface area contributed by atoms with Gasteiger partial charge in [-0.1, -0.05) is 11.6 Å². The summed E-state index contributed by atoms with van der Waals surface area (Å²) < 4.78 is 5.25. The van der Waals surface area contributed by atoms with Gasteiger partial charge >= 0.3 is 5.97 Å². The fraction of sp³-hybridized carbons (Fsp3) is 0.333. The second-order valence-corrected chi connectivity index (χ2v) is 5.15. The monoisotopic (exact) mass is 252 g/mol. The van der Waals surface area contributed by atoms with E-state index in [1.54, 1.807) is 18.3 Å². The number of hydrogen-bond acceptors (Lipinski definition) is 3. The van der Waals surface area contributed by atoms with Gasteiger partial charge in [-0.05, 0) is 32.9 Å². The van der Waals surface area contributed by atoms with Crippen LogP contribution in [0, 0.1) is 0 Å². The summed E-state index contributed by atoms with van der Waals surface area (Å²) in [6.45, 7) is 5.45. The predicted octanol–water partition coefficient (Wildman–Crippen LogP) is 3.17. The number of hydrogen-bond donors (Lipinski definition) is 1. The van der Waals surface area contributed by atoms with E-state index in [4.69, 9.17) is 16.3 Å². The molecule has 2 aromatic rings. The lowest BCUT2D eigenvalue weighted by Gasteiger charge is -2.18. The number of pyridine rings is 1. The molecule has 0 spiro atoms. The number of fused-ring (bicyclic) bond motifs is 1. The molecule has 0 unspecified atom stereocenters. The minimum absolute atomic E-state index is 0.357. The Morgan fingerprint density at radius 1 is 1.47 bits per heavy atom. The zero-order chi connectivity index (χ0) is 12.6. The molecular formula is C12H13ClN2O2. The molecule has 0 amide bonds. The first-order valence-electron chi connectivity index (χ1n) is 5.23. The zero-order valence-electron chi connectivity index (χ0n) is 9.87. The summed E-state index contributed by atoms with van der Waals surface area (Å²) in [7, 11) is 0. The Kier molecular flexibility index (Phi) is 2.83. The molecule has 0 aliphatic rings. The summed E-state index contributed by atoms with van der Waals surface area (Å²) >= 11 is 6.00. The molecule has 0 atom stereocenters. The lowest BCUT2D eigenvalue weighted by molar-refractivity contribution is 0.00639. The number of aromatic amines is 1. The summed E-state index contributed by atoms with van der Waals surface area (Å²) in [4.78, 5) is 18.8. The predicted molar refractivity (Wildman–Crippen MR) is 66.3 cm³/mol. The number of esters is 1. The van der Waals surface area contributed by atoms with Gasteiger partial charge in [0, 0.05) is 11.6 Å². The molecule has 0 aliphatic heterocycles. The molecule has 0 bridgehead atoms. The van der Waals surface area contributed by atoms with Crippen LogP contribution in [0.3, 0.4) is 0 Å². The van der Waals surface area contributed by atoms with Gasteiger partial charge in [0.15, 0.2) is 0 Å². The van der Waals surface area contributed by atoms with Crippen LogP contribution in [-0.2, 0) is 4.74 Å². The Hall–Kier alpha value is -1.55. The number of carbonyl (C=O) groups excluding carboxylic acids is 1. The normalized spacial score (nSPS) is 11.8. The number of ether oxygens (including phenoxy) is 1. The van der Waals surface area contributed by atoms with Crippen molar-refractivity contribution in [3.8, 4) is 0 Å². The van der Waals surface area contributed by atoms with E-state index in [-0.39, 0.29) is 0 Å². The minimum atomic E-state index is -0.522. The summed E-state index contributed by atoms with van der Waals surface area (Å²) in [6.07, 6.45) is 1.58. The van der Waals surface area contributed by atoms with Crippen LogP contribution in [0.15, 0.2) is 18.3 Å². The van der Waals surface area contributed by atoms with Crippen molar-refractivity contribution < 1.29 is 9.53 Å². The molecule has 0 saturated carbocycles. The van der Waals surface area contributed by atoms with Crippen LogP contribution in [0.2, 0.25) is 5.02 Å². The number of halogens is 1.